The molecule has 0 atom stereocenters. The first-order valence-electron chi connectivity index (χ1n) is 8.19. The summed E-state index contributed by atoms with van der Waals surface area (Å²) >= 11 is 0. The van der Waals surface area contributed by atoms with Crippen LogP contribution >= 0.6 is 0 Å². The van der Waals surface area contributed by atoms with E-state index >= 15 is 0 Å². The minimum Gasteiger partial charge on any atom is -0.305 e. The summed E-state index contributed by atoms with van der Waals surface area (Å²) in [6, 6.07) is 13.4. The predicted octanol–water partition coefficient (Wildman–Crippen LogP) is 1.58. The molecule has 1 aromatic carbocycles. The zero-order valence-corrected chi connectivity index (χ0v) is 13.8. The van der Waals surface area contributed by atoms with E-state index in [2.05, 4.69) is 32.8 Å². The normalized spacial score (nSPS) is 12.7. The standard InChI is InChI=1S/C19H17N5O/c1-13-18(22-23-24(13)15-8-3-2-4-9-15)19(25)21-17-12-11-14-7-5-6-10-16(14)20-17/h2-4,7-12H,5-6H2,1H3,(H,20,21,25). The van der Waals surface area contributed by atoms with Crippen molar-refractivity contribution >= 4 is 23.9 Å². The number of nitrogens with one attached hydrogen (secondary N) is 1. The fourth-order valence-corrected chi connectivity index (χ4v) is 2.88. The molecule has 0 bridgehead atoms. The highest BCUT2D eigenvalue weighted by atomic mass is 16.2. The number of para-hydroxylation sites is 1. The third kappa shape index (κ3) is 2.94. The van der Waals surface area contributed by atoms with Crippen LogP contribution in [0.2, 0.25) is 0 Å². The fraction of sp³-hybridized carbons (Fsp3) is 0.158. The largest absolute Gasteiger partial charge is 0.305 e. The van der Waals surface area contributed by atoms with Crippen LogP contribution in [0.3, 0.4) is 0 Å². The summed E-state index contributed by atoms with van der Waals surface area (Å²) in [6.07, 6.45) is 6.25. The molecule has 0 fully saturated rings. The molecule has 1 N–H and O–H groups in total. The van der Waals surface area contributed by atoms with E-state index in [1.807, 2.05) is 49.4 Å². The van der Waals surface area contributed by atoms with Gasteiger partial charge in [-0.3, -0.25) is 4.79 Å². The van der Waals surface area contributed by atoms with Gasteiger partial charge in [-0.2, -0.15) is 0 Å². The molecule has 0 radical (unpaired) electrons. The lowest BCUT2D eigenvalue weighted by Gasteiger charge is -2.06. The molecule has 2 heterocycles. The molecular weight excluding hydrogens is 314 g/mol. The van der Waals surface area contributed by atoms with Gasteiger partial charge in [0.2, 0.25) is 0 Å². The third-order valence-corrected chi connectivity index (χ3v) is 4.18. The molecule has 0 saturated heterocycles. The van der Waals surface area contributed by atoms with Crippen LogP contribution in [0.1, 0.15) is 29.0 Å². The Hall–Kier alpha value is -3.28. The number of nitrogens with zero attached hydrogens (tertiary/aromatic N) is 4. The van der Waals surface area contributed by atoms with E-state index in [9.17, 15) is 4.79 Å². The molecule has 6 nitrogen and oxygen atoms in total. The number of fused-ring (bicyclic) bond motifs is 1. The van der Waals surface area contributed by atoms with E-state index in [4.69, 9.17) is 0 Å². The maximum Gasteiger partial charge on any atom is 0.279 e. The monoisotopic (exact) mass is 331 g/mol. The number of rotatable bonds is 3. The Bertz CT molecular complexity index is 1050. The minimum absolute atomic E-state index is 0.291. The van der Waals surface area contributed by atoms with Crippen LogP contribution in [0, 0.1) is 6.92 Å². The summed E-state index contributed by atoms with van der Waals surface area (Å²) in [5.41, 5.74) is 1.84. The third-order valence-electron chi connectivity index (χ3n) is 4.18. The van der Waals surface area contributed by atoms with Crippen molar-refractivity contribution in [1.82, 2.24) is 20.0 Å². The molecule has 0 spiro atoms. The van der Waals surface area contributed by atoms with Crippen LogP contribution in [0.25, 0.3) is 17.8 Å². The van der Waals surface area contributed by atoms with Gasteiger partial charge in [0.1, 0.15) is 5.82 Å². The average molecular weight is 331 g/mol. The van der Waals surface area contributed by atoms with Crippen molar-refractivity contribution in [2.75, 3.05) is 5.32 Å². The number of carbonyl (C=O) groups excluding carboxylic acids is 1. The Morgan fingerprint density at radius 3 is 2.72 bits per heavy atom. The van der Waals surface area contributed by atoms with Gasteiger partial charge in [-0.15, -0.1) is 5.10 Å². The molecule has 4 rings (SSSR count). The van der Waals surface area contributed by atoms with Crippen molar-refractivity contribution in [3.05, 3.63) is 64.4 Å². The summed E-state index contributed by atoms with van der Waals surface area (Å²) in [4.78, 5) is 17.1. The Labute approximate surface area is 144 Å². The molecule has 0 aliphatic heterocycles. The van der Waals surface area contributed by atoms with Gasteiger partial charge in [0.05, 0.1) is 16.7 Å². The summed E-state index contributed by atoms with van der Waals surface area (Å²) in [6.45, 7) is 1.82. The lowest BCUT2D eigenvalue weighted by molar-refractivity contribution is 0.102. The van der Waals surface area contributed by atoms with Gasteiger partial charge in [0, 0.05) is 0 Å². The fourth-order valence-electron chi connectivity index (χ4n) is 2.88. The zero-order chi connectivity index (χ0) is 17.2. The van der Waals surface area contributed by atoms with Crippen LogP contribution in [0.5, 0.6) is 0 Å². The molecule has 0 saturated carbocycles. The number of pyridine rings is 1. The quantitative estimate of drug-likeness (QED) is 0.791. The van der Waals surface area contributed by atoms with Crippen molar-refractivity contribution in [1.29, 1.82) is 0 Å². The van der Waals surface area contributed by atoms with E-state index in [0.717, 1.165) is 29.1 Å². The van der Waals surface area contributed by atoms with Crippen molar-refractivity contribution in [2.45, 2.75) is 19.8 Å². The maximum absolute atomic E-state index is 12.6. The molecule has 1 aliphatic rings. The van der Waals surface area contributed by atoms with Crippen LogP contribution < -0.4 is 15.9 Å². The number of hydrogen-bond donors (Lipinski definition) is 1. The first-order chi connectivity index (χ1) is 12.2. The van der Waals surface area contributed by atoms with Gasteiger partial charge >= 0.3 is 0 Å². The van der Waals surface area contributed by atoms with Crippen LogP contribution in [-0.2, 0) is 0 Å². The predicted molar refractivity (Wildman–Crippen MR) is 95.7 cm³/mol. The van der Waals surface area contributed by atoms with E-state index in [-0.39, 0.29) is 5.91 Å². The highest BCUT2D eigenvalue weighted by Crippen LogP contribution is 2.12. The number of amides is 1. The Morgan fingerprint density at radius 1 is 1.08 bits per heavy atom. The minimum atomic E-state index is -0.313. The zero-order valence-electron chi connectivity index (χ0n) is 13.8. The van der Waals surface area contributed by atoms with Crippen molar-refractivity contribution < 1.29 is 4.79 Å². The molecule has 124 valence electrons. The Kier molecular flexibility index (Phi) is 3.85. The molecule has 3 aromatic rings. The molecule has 2 aromatic heterocycles. The number of benzene rings is 1. The number of carbonyl (C=O) groups is 1. The highest BCUT2D eigenvalue weighted by Gasteiger charge is 2.17. The maximum atomic E-state index is 12.6. The van der Waals surface area contributed by atoms with E-state index < -0.39 is 0 Å². The molecule has 1 amide bonds. The van der Waals surface area contributed by atoms with Crippen molar-refractivity contribution in [3.8, 4) is 5.69 Å². The SMILES string of the molecule is Cc1c(C(=O)Nc2ccc3c(n2)=CCCC=3)nnn1-c1ccccc1. The van der Waals surface area contributed by atoms with E-state index in [1.54, 1.807) is 4.68 Å². The summed E-state index contributed by atoms with van der Waals surface area (Å²) < 4.78 is 1.65. The lowest BCUT2D eigenvalue weighted by Crippen LogP contribution is -2.31. The van der Waals surface area contributed by atoms with Crippen LogP contribution in [0.15, 0.2) is 42.5 Å². The number of anilines is 1. The van der Waals surface area contributed by atoms with Crippen molar-refractivity contribution in [3.63, 3.8) is 0 Å². The smallest absolute Gasteiger partial charge is 0.279 e. The van der Waals surface area contributed by atoms with Gasteiger partial charge in [0.15, 0.2) is 5.69 Å². The molecule has 6 heteroatoms. The second-order valence-corrected chi connectivity index (χ2v) is 5.88. The number of aromatic nitrogens is 4. The summed E-state index contributed by atoms with van der Waals surface area (Å²) in [7, 11) is 0. The van der Waals surface area contributed by atoms with Gasteiger partial charge in [-0.05, 0) is 49.2 Å². The van der Waals surface area contributed by atoms with Crippen molar-refractivity contribution in [2.24, 2.45) is 0 Å². The molecule has 0 unspecified atom stereocenters. The van der Waals surface area contributed by atoms with Gasteiger partial charge < -0.3 is 5.32 Å². The van der Waals surface area contributed by atoms with E-state index in [1.165, 1.54) is 0 Å². The first-order valence-corrected chi connectivity index (χ1v) is 8.19. The Balaban J connectivity index is 1.61. The average Bonchev–Trinajstić information content (AvgIpc) is 3.04. The second-order valence-electron chi connectivity index (χ2n) is 5.88. The highest BCUT2D eigenvalue weighted by molar-refractivity contribution is 6.03. The first kappa shape index (κ1) is 15.3. The Morgan fingerprint density at radius 2 is 1.88 bits per heavy atom. The molecular formula is C19H17N5O. The van der Waals surface area contributed by atoms with Crippen LogP contribution in [0.4, 0.5) is 5.82 Å². The molecule has 1 aliphatic carbocycles. The topological polar surface area (TPSA) is 72.7 Å². The summed E-state index contributed by atoms with van der Waals surface area (Å²) in [5, 5.41) is 13.0. The second kappa shape index (κ2) is 6.32. The lowest BCUT2D eigenvalue weighted by atomic mass is 10.1. The molecule has 25 heavy (non-hydrogen) atoms. The number of hydrogen-bond acceptors (Lipinski definition) is 4. The summed E-state index contributed by atoms with van der Waals surface area (Å²) in [5.74, 6) is 0.205. The van der Waals surface area contributed by atoms with Gasteiger partial charge in [-0.1, -0.05) is 35.6 Å². The van der Waals surface area contributed by atoms with Gasteiger partial charge in [0.25, 0.3) is 5.91 Å². The van der Waals surface area contributed by atoms with Gasteiger partial charge in [-0.25, -0.2) is 9.67 Å². The van der Waals surface area contributed by atoms with E-state index in [0.29, 0.717) is 17.2 Å². The van der Waals surface area contributed by atoms with Crippen LogP contribution in [-0.4, -0.2) is 25.9 Å².